The van der Waals surface area contributed by atoms with Gasteiger partial charge in [0, 0.05) is 20.0 Å². The maximum atomic E-state index is 11.9. The van der Waals surface area contributed by atoms with E-state index < -0.39 is 0 Å². The molecular formula is C15H22BrNO3. The third kappa shape index (κ3) is 5.51. The molecule has 1 unspecified atom stereocenters. The van der Waals surface area contributed by atoms with Crippen molar-refractivity contribution in [3.63, 3.8) is 0 Å². The van der Waals surface area contributed by atoms with Gasteiger partial charge in [0.1, 0.15) is 5.75 Å². The molecule has 20 heavy (non-hydrogen) atoms. The molecule has 0 radical (unpaired) electrons. The predicted octanol–water partition coefficient (Wildman–Crippen LogP) is 2.62. The van der Waals surface area contributed by atoms with Crippen molar-refractivity contribution in [3.8, 4) is 5.75 Å². The monoisotopic (exact) mass is 343 g/mol. The van der Waals surface area contributed by atoms with Gasteiger partial charge in [0.15, 0.2) is 0 Å². The SMILES string of the molecule is COc1ccc(CCC(=O)N(C)CCC(C)O)cc1Br. The quantitative estimate of drug-likeness (QED) is 0.827. The summed E-state index contributed by atoms with van der Waals surface area (Å²) in [4.78, 5) is 13.6. The highest BCUT2D eigenvalue weighted by molar-refractivity contribution is 9.10. The van der Waals surface area contributed by atoms with Crippen LogP contribution in [-0.2, 0) is 11.2 Å². The Bertz CT molecular complexity index is 449. The first-order chi connectivity index (χ1) is 9.43. The molecule has 1 rings (SSSR count). The first-order valence-corrected chi connectivity index (χ1v) is 7.47. The number of hydrogen-bond acceptors (Lipinski definition) is 3. The van der Waals surface area contributed by atoms with Gasteiger partial charge in [-0.1, -0.05) is 6.07 Å². The number of hydrogen-bond donors (Lipinski definition) is 1. The third-order valence-corrected chi connectivity index (χ3v) is 3.77. The molecule has 0 heterocycles. The van der Waals surface area contributed by atoms with Gasteiger partial charge in [0.05, 0.1) is 17.7 Å². The van der Waals surface area contributed by atoms with Crippen molar-refractivity contribution in [1.29, 1.82) is 0 Å². The maximum absolute atomic E-state index is 11.9. The Morgan fingerprint density at radius 1 is 1.50 bits per heavy atom. The number of carbonyl (C=O) groups is 1. The van der Waals surface area contributed by atoms with E-state index in [1.165, 1.54) is 0 Å². The number of ether oxygens (including phenoxy) is 1. The van der Waals surface area contributed by atoms with Gasteiger partial charge >= 0.3 is 0 Å². The van der Waals surface area contributed by atoms with E-state index in [0.29, 0.717) is 25.8 Å². The van der Waals surface area contributed by atoms with Crippen LogP contribution in [0.2, 0.25) is 0 Å². The third-order valence-electron chi connectivity index (χ3n) is 3.15. The first kappa shape index (κ1) is 17.0. The van der Waals surface area contributed by atoms with E-state index in [1.54, 1.807) is 26.0 Å². The molecule has 1 N–H and O–H groups in total. The minimum absolute atomic E-state index is 0.0950. The standard InChI is InChI=1S/C15H22BrNO3/c1-11(18)8-9-17(2)15(19)7-5-12-4-6-14(20-3)13(16)10-12/h4,6,10-11,18H,5,7-9H2,1-3H3. The molecule has 0 bridgehead atoms. The van der Waals surface area contributed by atoms with Crippen LogP contribution in [0.25, 0.3) is 0 Å². The Hall–Kier alpha value is -1.07. The number of rotatable bonds is 7. The largest absolute Gasteiger partial charge is 0.496 e. The summed E-state index contributed by atoms with van der Waals surface area (Å²) in [6.07, 6.45) is 1.40. The molecule has 0 saturated heterocycles. The second-order valence-electron chi connectivity index (χ2n) is 4.92. The Balaban J connectivity index is 2.46. The smallest absolute Gasteiger partial charge is 0.222 e. The second-order valence-corrected chi connectivity index (χ2v) is 5.78. The number of aryl methyl sites for hydroxylation is 1. The number of amides is 1. The fourth-order valence-corrected chi connectivity index (χ4v) is 2.40. The zero-order chi connectivity index (χ0) is 15.1. The van der Waals surface area contributed by atoms with E-state index in [2.05, 4.69) is 15.9 Å². The molecule has 0 spiro atoms. The van der Waals surface area contributed by atoms with Crippen LogP contribution in [0, 0.1) is 0 Å². The zero-order valence-corrected chi connectivity index (χ0v) is 13.8. The van der Waals surface area contributed by atoms with Crippen molar-refractivity contribution in [3.05, 3.63) is 28.2 Å². The Morgan fingerprint density at radius 2 is 2.20 bits per heavy atom. The summed E-state index contributed by atoms with van der Waals surface area (Å²) in [6, 6.07) is 5.83. The fourth-order valence-electron chi connectivity index (χ4n) is 1.81. The number of nitrogens with zero attached hydrogens (tertiary/aromatic N) is 1. The topological polar surface area (TPSA) is 49.8 Å². The molecule has 0 aliphatic carbocycles. The minimum Gasteiger partial charge on any atom is -0.496 e. The highest BCUT2D eigenvalue weighted by Crippen LogP contribution is 2.26. The van der Waals surface area contributed by atoms with Gasteiger partial charge in [0.2, 0.25) is 5.91 Å². The van der Waals surface area contributed by atoms with Crippen LogP contribution < -0.4 is 4.74 Å². The summed E-state index contributed by atoms with van der Waals surface area (Å²) in [5.74, 6) is 0.881. The van der Waals surface area contributed by atoms with E-state index in [9.17, 15) is 9.90 Å². The molecule has 1 amide bonds. The average Bonchev–Trinajstić information content (AvgIpc) is 2.42. The Morgan fingerprint density at radius 3 is 2.75 bits per heavy atom. The summed E-state index contributed by atoms with van der Waals surface area (Å²) in [5.41, 5.74) is 1.09. The molecule has 5 heteroatoms. The molecule has 4 nitrogen and oxygen atoms in total. The van der Waals surface area contributed by atoms with Crippen molar-refractivity contribution < 1.29 is 14.6 Å². The number of methoxy groups -OCH3 is 1. The van der Waals surface area contributed by atoms with E-state index >= 15 is 0 Å². The number of aliphatic hydroxyl groups is 1. The molecule has 112 valence electrons. The molecule has 1 atom stereocenters. The lowest BCUT2D eigenvalue weighted by Gasteiger charge is -2.18. The normalized spacial score (nSPS) is 12.1. The van der Waals surface area contributed by atoms with E-state index in [0.717, 1.165) is 15.8 Å². The van der Waals surface area contributed by atoms with Crippen LogP contribution in [0.5, 0.6) is 5.75 Å². The van der Waals surface area contributed by atoms with Gasteiger partial charge in [-0.25, -0.2) is 0 Å². The lowest BCUT2D eigenvalue weighted by atomic mass is 10.1. The maximum Gasteiger partial charge on any atom is 0.222 e. The van der Waals surface area contributed by atoms with Crippen LogP contribution >= 0.6 is 15.9 Å². The van der Waals surface area contributed by atoms with Gasteiger partial charge in [-0.05, 0) is 53.4 Å². The van der Waals surface area contributed by atoms with E-state index in [1.807, 2.05) is 18.2 Å². The van der Waals surface area contributed by atoms with Gasteiger partial charge in [-0.15, -0.1) is 0 Å². The Labute approximate surface area is 128 Å². The van der Waals surface area contributed by atoms with Crippen molar-refractivity contribution >= 4 is 21.8 Å². The van der Waals surface area contributed by atoms with E-state index in [-0.39, 0.29) is 12.0 Å². The van der Waals surface area contributed by atoms with Crippen molar-refractivity contribution in [1.82, 2.24) is 4.90 Å². The second kappa shape index (κ2) is 8.27. The lowest BCUT2D eigenvalue weighted by molar-refractivity contribution is -0.130. The molecular weight excluding hydrogens is 322 g/mol. The van der Waals surface area contributed by atoms with Crippen molar-refractivity contribution in [2.75, 3.05) is 20.7 Å². The lowest BCUT2D eigenvalue weighted by Crippen LogP contribution is -2.29. The molecule has 1 aromatic carbocycles. The van der Waals surface area contributed by atoms with Crippen LogP contribution in [-0.4, -0.2) is 42.7 Å². The summed E-state index contributed by atoms with van der Waals surface area (Å²) in [6.45, 7) is 2.32. The van der Waals surface area contributed by atoms with Crippen LogP contribution in [0.3, 0.4) is 0 Å². The summed E-state index contributed by atoms with van der Waals surface area (Å²) in [7, 11) is 3.40. The molecule has 0 aliphatic heterocycles. The van der Waals surface area contributed by atoms with Gasteiger partial charge in [-0.2, -0.15) is 0 Å². The zero-order valence-electron chi connectivity index (χ0n) is 12.2. The van der Waals surface area contributed by atoms with Gasteiger partial charge in [0.25, 0.3) is 0 Å². The highest BCUT2D eigenvalue weighted by atomic mass is 79.9. The summed E-state index contributed by atoms with van der Waals surface area (Å²) in [5, 5.41) is 9.22. The summed E-state index contributed by atoms with van der Waals surface area (Å²) >= 11 is 3.44. The highest BCUT2D eigenvalue weighted by Gasteiger charge is 2.10. The predicted molar refractivity (Wildman–Crippen MR) is 82.9 cm³/mol. The average molecular weight is 344 g/mol. The van der Waals surface area contributed by atoms with Crippen molar-refractivity contribution in [2.45, 2.75) is 32.3 Å². The Kier molecular flexibility index (Phi) is 7.02. The van der Waals surface area contributed by atoms with Crippen LogP contribution in [0.1, 0.15) is 25.3 Å². The number of aliphatic hydroxyl groups excluding tert-OH is 1. The minimum atomic E-state index is -0.372. The molecule has 0 fully saturated rings. The van der Waals surface area contributed by atoms with Gasteiger partial charge in [-0.3, -0.25) is 4.79 Å². The molecule has 1 aromatic rings. The van der Waals surface area contributed by atoms with Crippen molar-refractivity contribution in [2.24, 2.45) is 0 Å². The van der Waals surface area contributed by atoms with E-state index in [4.69, 9.17) is 4.74 Å². The van der Waals surface area contributed by atoms with Crippen LogP contribution in [0.15, 0.2) is 22.7 Å². The number of halogens is 1. The fraction of sp³-hybridized carbons (Fsp3) is 0.533. The summed E-state index contributed by atoms with van der Waals surface area (Å²) < 4.78 is 6.07. The van der Waals surface area contributed by atoms with Gasteiger partial charge < -0.3 is 14.7 Å². The van der Waals surface area contributed by atoms with Crippen LogP contribution in [0.4, 0.5) is 0 Å². The molecule has 0 aromatic heterocycles. The number of benzene rings is 1. The first-order valence-electron chi connectivity index (χ1n) is 6.68. The molecule has 0 saturated carbocycles. The molecule has 0 aliphatic rings. The number of carbonyl (C=O) groups excluding carboxylic acids is 1.